The van der Waals surface area contributed by atoms with Crippen molar-refractivity contribution >= 4 is 41.1 Å². The Kier molecular flexibility index (Phi) is 8.74. The van der Waals surface area contributed by atoms with E-state index < -0.39 is 17.9 Å². The van der Waals surface area contributed by atoms with Crippen molar-refractivity contribution < 1.29 is 39.1 Å². The molecular weight excluding hydrogens is 559 g/mol. The maximum atomic E-state index is 12.7. The molecular formula is C30H22Cl2O8. The van der Waals surface area contributed by atoms with Crippen LogP contribution in [0.25, 0.3) is 11.1 Å². The number of hydrogen-bond donors (Lipinski definition) is 2. The summed E-state index contributed by atoms with van der Waals surface area (Å²) in [4.78, 5) is 46.2. The molecule has 2 N–H and O–H groups in total. The fourth-order valence-corrected chi connectivity index (χ4v) is 4.28. The Morgan fingerprint density at radius 3 is 1.80 bits per heavy atom. The van der Waals surface area contributed by atoms with Crippen molar-refractivity contribution in [2.75, 3.05) is 0 Å². The molecule has 8 nitrogen and oxygen atoms in total. The molecule has 204 valence electrons. The number of carbonyl (C=O) groups excluding carboxylic acids is 1. The first-order valence-electron chi connectivity index (χ1n) is 11.8. The number of halogens is 2. The molecule has 0 unspecified atom stereocenters. The second-order valence-corrected chi connectivity index (χ2v) is 9.66. The van der Waals surface area contributed by atoms with E-state index >= 15 is 0 Å². The normalized spacial score (nSPS) is 10.7. The highest BCUT2D eigenvalue weighted by atomic mass is 35.5. The molecule has 0 heterocycles. The number of carbonyl (C=O) groups is 3. The summed E-state index contributed by atoms with van der Waals surface area (Å²) in [5, 5.41) is 19.2. The van der Waals surface area contributed by atoms with Gasteiger partial charge in [-0.05, 0) is 73.0 Å². The van der Waals surface area contributed by atoms with Crippen molar-refractivity contribution in [2.24, 2.45) is 0 Å². The van der Waals surface area contributed by atoms with E-state index in [0.29, 0.717) is 22.3 Å². The van der Waals surface area contributed by atoms with Gasteiger partial charge in [-0.1, -0.05) is 64.7 Å². The molecule has 0 aliphatic carbocycles. The Balaban J connectivity index is 1.45. The van der Waals surface area contributed by atoms with Gasteiger partial charge in [-0.2, -0.15) is 4.89 Å². The van der Waals surface area contributed by atoms with E-state index in [1.54, 1.807) is 68.4 Å². The van der Waals surface area contributed by atoms with E-state index in [4.69, 9.17) is 37.7 Å². The van der Waals surface area contributed by atoms with Gasteiger partial charge in [0.15, 0.2) is 5.75 Å². The number of benzene rings is 4. The predicted octanol–water partition coefficient (Wildman–Crippen LogP) is 7.40. The van der Waals surface area contributed by atoms with Crippen molar-refractivity contribution in [1.82, 2.24) is 0 Å². The predicted molar refractivity (Wildman–Crippen MR) is 149 cm³/mol. The van der Waals surface area contributed by atoms with Crippen LogP contribution in [0.5, 0.6) is 11.5 Å². The summed E-state index contributed by atoms with van der Waals surface area (Å²) in [6.45, 7) is 3.41. The molecule has 40 heavy (non-hydrogen) atoms. The first-order valence-corrected chi connectivity index (χ1v) is 12.6. The molecule has 0 radical (unpaired) electrons. The van der Waals surface area contributed by atoms with E-state index in [1.807, 2.05) is 0 Å². The maximum absolute atomic E-state index is 12.7. The zero-order chi connectivity index (χ0) is 29.0. The van der Waals surface area contributed by atoms with E-state index in [2.05, 4.69) is 0 Å². The summed E-state index contributed by atoms with van der Waals surface area (Å²) in [6.07, 6.45) is 0. The van der Waals surface area contributed by atoms with E-state index in [0.717, 1.165) is 5.56 Å². The molecule has 0 amide bonds. The summed E-state index contributed by atoms with van der Waals surface area (Å²) >= 11 is 12.7. The van der Waals surface area contributed by atoms with Crippen molar-refractivity contribution in [3.05, 3.63) is 116 Å². The number of hydrogen-bond acceptors (Lipinski definition) is 6. The zero-order valence-corrected chi connectivity index (χ0v) is 22.7. The Labute approximate surface area is 239 Å². The van der Waals surface area contributed by atoms with Crippen LogP contribution in [-0.4, -0.2) is 28.1 Å². The molecule has 0 bridgehead atoms. The number of rotatable bonds is 9. The van der Waals surface area contributed by atoms with Gasteiger partial charge in [-0.25, -0.2) is 14.4 Å². The minimum Gasteiger partial charge on any atom is -0.478 e. The largest absolute Gasteiger partial charge is 0.478 e. The Bertz CT molecular complexity index is 1630. The molecule has 0 aliphatic heterocycles. The van der Waals surface area contributed by atoms with E-state index in [1.165, 1.54) is 18.2 Å². The molecule has 0 fully saturated rings. The van der Waals surface area contributed by atoms with Gasteiger partial charge in [0, 0.05) is 0 Å². The van der Waals surface area contributed by atoms with Crippen LogP contribution in [0.2, 0.25) is 10.0 Å². The number of aromatic carboxylic acids is 2. The molecule has 0 aliphatic rings. The van der Waals surface area contributed by atoms with Gasteiger partial charge >= 0.3 is 17.9 Å². The van der Waals surface area contributed by atoms with Crippen LogP contribution in [0, 0.1) is 13.8 Å². The fourth-order valence-electron chi connectivity index (χ4n) is 3.85. The highest BCUT2D eigenvalue weighted by Gasteiger charge is 2.20. The van der Waals surface area contributed by atoms with Crippen LogP contribution in [0.15, 0.2) is 72.8 Å². The second-order valence-electron chi connectivity index (χ2n) is 8.85. The van der Waals surface area contributed by atoms with Crippen LogP contribution in [0.1, 0.15) is 47.8 Å². The molecule has 0 saturated heterocycles. The molecule has 10 heteroatoms. The van der Waals surface area contributed by atoms with Gasteiger partial charge in [-0.15, -0.1) is 0 Å². The van der Waals surface area contributed by atoms with Crippen LogP contribution >= 0.6 is 23.2 Å². The standard InChI is InChI=1S/C30H22Cl2O8/c1-16-3-5-20(22(11-16)28(33)34)15-38-40-27-10-7-19(14-25(27)32)18-6-9-26(24(31)13-18)39-30(37)21-8-4-17(2)12-23(21)29(35)36/h3-14H,15H2,1-2H3,(H,33,34)(H,35,36). The average molecular weight is 581 g/mol. The Morgan fingerprint density at radius 2 is 1.23 bits per heavy atom. The molecule has 0 saturated carbocycles. The molecule has 4 aromatic rings. The highest BCUT2D eigenvalue weighted by Crippen LogP contribution is 2.35. The molecule has 0 aromatic heterocycles. The van der Waals surface area contributed by atoms with Gasteiger partial charge in [0.05, 0.1) is 26.7 Å². The number of aryl methyl sites for hydroxylation is 2. The summed E-state index contributed by atoms with van der Waals surface area (Å²) in [7, 11) is 0. The molecule has 0 atom stereocenters. The fraction of sp³-hybridized carbons (Fsp3) is 0.100. The van der Waals surface area contributed by atoms with Gasteiger partial charge < -0.3 is 19.8 Å². The van der Waals surface area contributed by atoms with Gasteiger partial charge in [0.25, 0.3) is 0 Å². The first-order chi connectivity index (χ1) is 19.0. The third-order valence-electron chi connectivity index (χ3n) is 5.88. The summed E-state index contributed by atoms with van der Waals surface area (Å²) < 4.78 is 5.37. The highest BCUT2D eigenvalue weighted by molar-refractivity contribution is 6.33. The number of carboxylic acid groups (broad SMARTS) is 2. The van der Waals surface area contributed by atoms with Gasteiger partial charge in [-0.3, -0.25) is 0 Å². The van der Waals surface area contributed by atoms with Crippen molar-refractivity contribution in [2.45, 2.75) is 20.5 Å². The van der Waals surface area contributed by atoms with Crippen LogP contribution < -0.4 is 9.62 Å². The van der Waals surface area contributed by atoms with Crippen LogP contribution in [-0.2, 0) is 11.5 Å². The van der Waals surface area contributed by atoms with Crippen LogP contribution in [0.4, 0.5) is 0 Å². The Hall–Kier alpha value is -4.37. The number of carboxylic acids is 2. The lowest BCUT2D eigenvalue weighted by atomic mass is 10.0. The first kappa shape index (κ1) is 28.6. The smallest absolute Gasteiger partial charge is 0.344 e. The van der Waals surface area contributed by atoms with Crippen molar-refractivity contribution in [3.63, 3.8) is 0 Å². The molecule has 4 aromatic carbocycles. The minimum atomic E-state index is -1.24. The lowest BCUT2D eigenvalue weighted by molar-refractivity contribution is -0.217. The lowest BCUT2D eigenvalue weighted by Gasteiger charge is -2.12. The van der Waals surface area contributed by atoms with Gasteiger partial charge in [0.2, 0.25) is 0 Å². The average Bonchev–Trinajstić information content (AvgIpc) is 2.91. The Morgan fingerprint density at radius 1 is 0.675 bits per heavy atom. The summed E-state index contributed by atoms with van der Waals surface area (Å²) in [5.41, 5.74) is 3.15. The topological polar surface area (TPSA) is 119 Å². The summed E-state index contributed by atoms with van der Waals surface area (Å²) in [6, 6.07) is 19.0. The minimum absolute atomic E-state index is 0.0589. The van der Waals surface area contributed by atoms with Crippen molar-refractivity contribution in [1.29, 1.82) is 0 Å². The number of esters is 1. The maximum Gasteiger partial charge on any atom is 0.344 e. The van der Waals surface area contributed by atoms with E-state index in [-0.39, 0.29) is 44.8 Å². The lowest BCUT2D eigenvalue weighted by Crippen LogP contribution is -2.14. The third kappa shape index (κ3) is 6.60. The van der Waals surface area contributed by atoms with Crippen LogP contribution in [0.3, 0.4) is 0 Å². The number of ether oxygens (including phenoxy) is 1. The quantitative estimate of drug-likeness (QED) is 0.0908. The second kappa shape index (κ2) is 12.2. The zero-order valence-electron chi connectivity index (χ0n) is 21.2. The van der Waals surface area contributed by atoms with E-state index in [9.17, 15) is 24.6 Å². The van der Waals surface area contributed by atoms with Crippen molar-refractivity contribution in [3.8, 4) is 22.6 Å². The molecule has 0 spiro atoms. The third-order valence-corrected chi connectivity index (χ3v) is 6.47. The molecule has 4 rings (SSSR count). The SMILES string of the molecule is Cc1ccc(COOc2ccc(-c3ccc(OC(=O)c4ccc(C)cc4C(=O)O)c(Cl)c3)cc2Cl)c(C(=O)O)c1. The van der Waals surface area contributed by atoms with Gasteiger partial charge in [0.1, 0.15) is 12.4 Å². The summed E-state index contributed by atoms with van der Waals surface area (Å²) in [5.74, 6) is -2.88. The monoisotopic (exact) mass is 580 g/mol.